The molecular formula is C17H18N4O4S. The van der Waals surface area contributed by atoms with E-state index in [-0.39, 0.29) is 18.9 Å². The van der Waals surface area contributed by atoms with Crippen LogP contribution in [0, 0.1) is 0 Å². The van der Waals surface area contributed by atoms with Crippen LogP contribution in [0.1, 0.15) is 13.3 Å². The monoisotopic (exact) mass is 374 g/mol. The summed E-state index contributed by atoms with van der Waals surface area (Å²) in [4.78, 5) is 37.2. The Bertz CT molecular complexity index is 839. The van der Waals surface area contributed by atoms with Gasteiger partial charge in [0.2, 0.25) is 11.8 Å². The molecule has 26 heavy (non-hydrogen) atoms. The third-order valence-corrected chi connectivity index (χ3v) is 5.28. The number of carbonyl (C=O) groups excluding carboxylic acids is 2. The average molecular weight is 374 g/mol. The smallest absolute Gasteiger partial charge is 0.331 e. The van der Waals surface area contributed by atoms with Crippen LogP contribution in [-0.4, -0.2) is 43.5 Å². The third kappa shape index (κ3) is 3.88. The van der Waals surface area contributed by atoms with E-state index in [0.717, 1.165) is 4.90 Å². The van der Waals surface area contributed by atoms with E-state index >= 15 is 0 Å². The zero-order chi connectivity index (χ0) is 18.7. The number of nitrogens with one attached hydrogen (secondary N) is 2. The number of carbonyl (C=O) groups is 3. The number of fused-ring (bicyclic) bond motifs is 1. The molecule has 0 spiro atoms. The molecule has 2 amide bonds. The fraction of sp³-hybridized carbons (Fsp3) is 0.294. The first kappa shape index (κ1) is 18.0. The molecule has 1 aliphatic heterocycles. The molecule has 0 bridgehead atoms. The second kappa shape index (κ2) is 7.20. The number of hydrogen-bond acceptors (Lipinski definition) is 5. The molecule has 0 saturated heterocycles. The molecule has 2 heterocycles. The largest absolute Gasteiger partial charge is 0.479 e. The molecule has 0 saturated carbocycles. The Morgan fingerprint density at radius 2 is 2.15 bits per heavy atom. The summed E-state index contributed by atoms with van der Waals surface area (Å²) in [5.41, 5.74) is -0.815. The molecule has 9 heteroatoms. The van der Waals surface area contributed by atoms with Gasteiger partial charge in [0.15, 0.2) is 5.54 Å². The lowest BCUT2D eigenvalue weighted by atomic mass is 10.0. The molecule has 2 atom stereocenters. The summed E-state index contributed by atoms with van der Waals surface area (Å²) in [6.45, 7) is 1.40. The van der Waals surface area contributed by atoms with Gasteiger partial charge in [-0.2, -0.15) is 5.10 Å². The summed E-state index contributed by atoms with van der Waals surface area (Å²) in [5.74, 6) is -1.95. The van der Waals surface area contributed by atoms with E-state index in [9.17, 15) is 19.5 Å². The highest BCUT2D eigenvalue weighted by Crippen LogP contribution is 2.36. The molecule has 2 unspecified atom stereocenters. The molecule has 3 N–H and O–H groups in total. The number of benzene rings is 1. The summed E-state index contributed by atoms with van der Waals surface area (Å²) in [5, 5.41) is 18.2. The van der Waals surface area contributed by atoms with Gasteiger partial charge in [-0.25, -0.2) is 4.79 Å². The first-order valence-electron chi connectivity index (χ1n) is 7.96. The SMILES string of the molecule is CC(Cn1cccn1)(NC(=O)CC1Sc2ccccc2NC1=O)C(=O)O. The van der Waals surface area contributed by atoms with Crippen molar-refractivity contribution < 1.29 is 19.5 Å². The minimum Gasteiger partial charge on any atom is -0.479 e. The summed E-state index contributed by atoms with van der Waals surface area (Å²) >= 11 is 1.30. The Labute approximate surface area is 154 Å². The summed E-state index contributed by atoms with van der Waals surface area (Å²) in [7, 11) is 0. The number of rotatable bonds is 6. The van der Waals surface area contributed by atoms with Crippen LogP contribution in [0.5, 0.6) is 0 Å². The first-order chi connectivity index (χ1) is 12.4. The van der Waals surface area contributed by atoms with Crippen molar-refractivity contribution in [3.63, 3.8) is 0 Å². The van der Waals surface area contributed by atoms with E-state index in [4.69, 9.17) is 0 Å². The maximum absolute atomic E-state index is 12.4. The van der Waals surface area contributed by atoms with E-state index in [2.05, 4.69) is 15.7 Å². The second-order valence-corrected chi connectivity index (χ2v) is 7.43. The number of carboxylic acid groups (broad SMARTS) is 1. The number of para-hydroxylation sites is 1. The van der Waals surface area contributed by atoms with Crippen molar-refractivity contribution in [2.45, 2.75) is 35.6 Å². The van der Waals surface area contributed by atoms with Crippen molar-refractivity contribution in [2.75, 3.05) is 5.32 Å². The topological polar surface area (TPSA) is 113 Å². The molecular weight excluding hydrogens is 356 g/mol. The zero-order valence-corrected chi connectivity index (χ0v) is 14.8. The molecule has 2 aromatic rings. The van der Waals surface area contributed by atoms with Gasteiger partial charge in [0, 0.05) is 23.7 Å². The molecule has 1 aromatic carbocycles. The highest BCUT2D eigenvalue weighted by molar-refractivity contribution is 8.01. The number of amides is 2. The van der Waals surface area contributed by atoms with Gasteiger partial charge in [0.25, 0.3) is 0 Å². The Balaban J connectivity index is 1.67. The fourth-order valence-electron chi connectivity index (χ4n) is 2.63. The number of nitrogens with zero attached hydrogens (tertiary/aromatic N) is 2. The van der Waals surface area contributed by atoms with Crippen molar-refractivity contribution in [3.8, 4) is 0 Å². The van der Waals surface area contributed by atoms with E-state index in [1.54, 1.807) is 18.3 Å². The molecule has 0 radical (unpaired) electrons. The first-order valence-corrected chi connectivity index (χ1v) is 8.84. The normalized spacial score (nSPS) is 18.3. The highest BCUT2D eigenvalue weighted by Gasteiger charge is 2.37. The number of thioether (sulfide) groups is 1. The molecule has 0 aliphatic carbocycles. The quantitative estimate of drug-likeness (QED) is 0.703. The fourth-order valence-corrected chi connectivity index (χ4v) is 3.74. The Morgan fingerprint density at radius 3 is 2.85 bits per heavy atom. The van der Waals surface area contributed by atoms with Gasteiger partial charge in [0.1, 0.15) is 0 Å². The minimum atomic E-state index is -1.53. The summed E-state index contributed by atoms with van der Waals surface area (Å²) in [6, 6.07) is 9.00. The van der Waals surface area contributed by atoms with Crippen LogP contribution < -0.4 is 10.6 Å². The van der Waals surface area contributed by atoms with Gasteiger partial charge in [-0.3, -0.25) is 14.3 Å². The van der Waals surface area contributed by atoms with Crippen molar-refractivity contribution in [2.24, 2.45) is 0 Å². The predicted molar refractivity (Wildman–Crippen MR) is 95.7 cm³/mol. The van der Waals surface area contributed by atoms with Crippen LogP contribution in [0.2, 0.25) is 0 Å². The second-order valence-electron chi connectivity index (χ2n) is 6.19. The van der Waals surface area contributed by atoms with Gasteiger partial charge >= 0.3 is 5.97 Å². The van der Waals surface area contributed by atoms with Crippen LogP contribution in [0.25, 0.3) is 0 Å². The standard InChI is InChI=1S/C17H18N4O4S/c1-17(16(24)25,10-21-8-4-7-18-21)20-14(22)9-13-15(23)19-11-5-2-3-6-12(11)26-13/h2-8,13H,9-10H2,1H3,(H,19,23)(H,20,22)(H,24,25). The number of anilines is 1. The maximum atomic E-state index is 12.4. The van der Waals surface area contributed by atoms with E-state index in [0.29, 0.717) is 5.69 Å². The zero-order valence-electron chi connectivity index (χ0n) is 14.0. The van der Waals surface area contributed by atoms with E-state index in [1.807, 2.05) is 18.2 Å². The maximum Gasteiger partial charge on any atom is 0.331 e. The van der Waals surface area contributed by atoms with E-state index < -0.39 is 22.7 Å². The van der Waals surface area contributed by atoms with Crippen LogP contribution in [0.3, 0.4) is 0 Å². The average Bonchev–Trinajstić information content (AvgIpc) is 3.08. The molecule has 3 rings (SSSR count). The summed E-state index contributed by atoms with van der Waals surface area (Å²) in [6.07, 6.45) is 3.03. The number of aliphatic carboxylic acids is 1. The van der Waals surface area contributed by atoms with E-state index in [1.165, 1.54) is 29.6 Å². The molecule has 0 fully saturated rings. The molecule has 136 valence electrons. The van der Waals surface area contributed by atoms with Crippen molar-refractivity contribution in [1.82, 2.24) is 15.1 Å². The Kier molecular flexibility index (Phi) is 4.99. The van der Waals surface area contributed by atoms with Gasteiger partial charge in [-0.15, -0.1) is 11.8 Å². The van der Waals surface area contributed by atoms with Crippen molar-refractivity contribution in [3.05, 3.63) is 42.7 Å². The van der Waals surface area contributed by atoms with Gasteiger partial charge < -0.3 is 15.7 Å². The Morgan fingerprint density at radius 1 is 1.38 bits per heavy atom. The van der Waals surface area contributed by atoms with Crippen LogP contribution in [-0.2, 0) is 20.9 Å². The lowest BCUT2D eigenvalue weighted by Crippen LogP contribution is -2.55. The van der Waals surface area contributed by atoms with Crippen LogP contribution in [0.15, 0.2) is 47.6 Å². The van der Waals surface area contributed by atoms with Gasteiger partial charge in [0.05, 0.1) is 17.5 Å². The van der Waals surface area contributed by atoms with Crippen molar-refractivity contribution in [1.29, 1.82) is 0 Å². The minimum absolute atomic E-state index is 0.0199. The van der Waals surface area contributed by atoms with Crippen LogP contribution in [0.4, 0.5) is 5.69 Å². The molecule has 8 nitrogen and oxygen atoms in total. The lowest BCUT2D eigenvalue weighted by molar-refractivity contribution is -0.147. The van der Waals surface area contributed by atoms with Crippen LogP contribution >= 0.6 is 11.8 Å². The summed E-state index contributed by atoms with van der Waals surface area (Å²) < 4.78 is 1.44. The lowest BCUT2D eigenvalue weighted by Gasteiger charge is -2.28. The third-order valence-electron chi connectivity index (χ3n) is 4.00. The van der Waals surface area contributed by atoms with Crippen molar-refractivity contribution >= 4 is 35.2 Å². The number of carboxylic acids is 1. The Hall–Kier alpha value is -2.81. The molecule has 1 aromatic heterocycles. The number of aromatic nitrogens is 2. The molecule has 1 aliphatic rings. The number of hydrogen-bond donors (Lipinski definition) is 3. The van der Waals surface area contributed by atoms with Gasteiger partial charge in [-0.1, -0.05) is 12.1 Å². The predicted octanol–water partition coefficient (Wildman–Crippen LogP) is 1.35. The highest BCUT2D eigenvalue weighted by atomic mass is 32.2. The van der Waals surface area contributed by atoms with Gasteiger partial charge in [-0.05, 0) is 25.1 Å².